The number of hydrogen-bond acceptors (Lipinski definition) is 2. The maximum atomic E-state index is 12.6. The lowest BCUT2D eigenvalue weighted by Crippen LogP contribution is -2.32. The third kappa shape index (κ3) is 2.59. The first-order valence-corrected chi connectivity index (χ1v) is 6.81. The number of rotatable bonds is 4. The molecule has 1 aromatic carbocycles. The molecule has 2 rings (SSSR count). The normalized spacial score (nSPS) is 17.1. The molecule has 0 amide bonds. The van der Waals surface area contributed by atoms with Gasteiger partial charge in [-0.15, -0.1) is 0 Å². The summed E-state index contributed by atoms with van der Waals surface area (Å²) in [6.07, 6.45) is 3.36. The number of halogens is 1. The van der Waals surface area contributed by atoms with E-state index in [-0.39, 0.29) is 4.90 Å². The summed E-state index contributed by atoms with van der Waals surface area (Å²) in [6.45, 7) is 0.486. The van der Waals surface area contributed by atoms with Gasteiger partial charge in [-0.25, -0.2) is 17.5 Å². The van der Waals surface area contributed by atoms with E-state index in [1.165, 1.54) is 18.6 Å². The minimum atomic E-state index is -3.46. The standard InChI is InChI=1S/C11H14FNO2S/c12-10-4-6-11(7-5-10)16(14,15)13-8-9-2-1-3-9/h4-7,9,13H,1-3,8H2. The highest BCUT2D eigenvalue weighted by molar-refractivity contribution is 7.89. The lowest BCUT2D eigenvalue weighted by atomic mass is 9.86. The van der Waals surface area contributed by atoms with Gasteiger partial charge in [-0.05, 0) is 43.0 Å². The molecule has 5 heteroatoms. The highest BCUT2D eigenvalue weighted by atomic mass is 32.2. The Kier molecular flexibility index (Phi) is 3.25. The highest BCUT2D eigenvalue weighted by Crippen LogP contribution is 2.25. The van der Waals surface area contributed by atoms with Gasteiger partial charge in [0.2, 0.25) is 10.0 Å². The van der Waals surface area contributed by atoms with Crippen molar-refractivity contribution in [3.05, 3.63) is 30.1 Å². The third-order valence-corrected chi connectivity index (χ3v) is 4.35. The van der Waals surface area contributed by atoms with Crippen LogP contribution >= 0.6 is 0 Å². The molecule has 1 fully saturated rings. The van der Waals surface area contributed by atoms with E-state index in [9.17, 15) is 12.8 Å². The van der Waals surface area contributed by atoms with E-state index in [1.807, 2.05) is 0 Å². The molecule has 0 aromatic heterocycles. The van der Waals surface area contributed by atoms with Crippen molar-refractivity contribution in [2.75, 3.05) is 6.54 Å². The van der Waals surface area contributed by atoms with Gasteiger partial charge in [0.1, 0.15) is 5.82 Å². The number of benzene rings is 1. The van der Waals surface area contributed by atoms with Crippen LogP contribution in [-0.2, 0) is 10.0 Å². The maximum absolute atomic E-state index is 12.6. The summed E-state index contributed by atoms with van der Waals surface area (Å²) in [4.78, 5) is 0.119. The number of hydrogen-bond donors (Lipinski definition) is 1. The van der Waals surface area contributed by atoms with Gasteiger partial charge in [0.05, 0.1) is 4.90 Å². The van der Waals surface area contributed by atoms with E-state index < -0.39 is 15.8 Å². The molecule has 0 atom stereocenters. The zero-order chi connectivity index (χ0) is 11.6. The largest absolute Gasteiger partial charge is 0.240 e. The van der Waals surface area contributed by atoms with Crippen LogP contribution in [0, 0.1) is 11.7 Å². The second-order valence-electron chi connectivity index (χ2n) is 4.10. The molecule has 0 aliphatic heterocycles. The van der Waals surface area contributed by atoms with Gasteiger partial charge in [-0.1, -0.05) is 6.42 Å². The first-order valence-electron chi connectivity index (χ1n) is 5.33. The monoisotopic (exact) mass is 243 g/mol. The summed E-state index contributed by atoms with van der Waals surface area (Å²) >= 11 is 0. The Morgan fingerprint density at radius 1 is 1.25 bits per heavy atom. The summed E-state index contributed by atoms with van der Waals surface area (Å²) in [7, 11) is -3.46. The van der Waals surface area contributed by atoms with Gasteiger partial charge in [0, 0.05) is 6.54 Å². The van der Waals surface area contributed by atoms with Crippen molar-refractivity contribution in [3.63, 3.8) is 0 Å². The molecule has 0 bridgehead atoms. The SMILES string of the molecule is O=S(=O)(NCC1CCC1)c1ccc(F)cc1. The summed E-state index contributed by atoms with van der Waals surface area (Å²) < 4.78 is 38.7. The molecule has 0 radical (unpaired) electrons. The third-order valence-electron chi connectivity index (χ3n) is 2.91. The van der Waals surface area contributed by atoms with Crippen LogP contribution in [0.25, 0.3) is 0 Å². The zero-order valence-electron chi connectivity index (χ0n) is 8.82. The number of sulfonamides is 1. The van der Waals surface area contributed by atoms with E-state index in [4.69, 9.17) is 0 Å². The Balaban J connectivity index is 2.02. The van der Waals surface area contributed by atoms with Crippen molar-refractivity contribution in [3.8, 4) is 0 Å². The fraction of sp³-hybridized carbons (Fsp3) is 0.455. The van der Waals surface area contributed by atoms with Gasteiger partial charge in [0.15, 0.2) is 0 Å². The highest BCUT2D eigenvalue weighted by Gasteiger charge is 2.21. The molecule has 1 aliphatic rings. The van der Waals surface area contributed by atoms with Gasteiger partial charge in [0.25, 0.3) is 0 Å². The van der Waals surface area contributed by atoms with Crippen molar-refractivity contribution in [2.24, 2.45) is 5.92 Å². The Morgan fingerprint density at radius 3 is 2.38 bits per heavy atom. The van der Waals surface area contributed by atoms with Crippen molar-refractivity contribution >= 4 is 10.0 Å². The Labute approximate surface area is 94.7 Å². The molecule has 3 nitrogen and oxygen atoms in total. The van der Waals surface area contributed by atoms with Crippen LogP contribution in [-0.4, -0.2) is 15.0 Å². The van der Waals surface area contributed by atoms with Crippen LogP contribution in [0.15, 0.2) is 29.2 Å². The van der Waals surface area contributed by atoms with E-state index in [0.29, 0.717) is 12.5 Å². The minimum absolute atomic E-state index is 0.119. The molecule has 0 saturated heterocycles. The van der Waals surface area contributed by atoms with Crippen LogP contribution in [0.3, 0.4) is 0 Å². The predicted octanol–water partition coefficient (Wildman–Crippen LogP) is 1.90. The molecule has 0 spiro atoms. The van der Waals surface area contributed by atoms with E-state index >= 15 is 0 Å². The summed E-state index contributed by atoms with van der Waals surface area (Å²) in [5.41, 5.74) is 0. The average Bonchev–Trinajstić information content (AvgIpc) is 2.15. The minimum Gasteiger partial charge on any atom is -0.211 e. The molecule has 0 unspecified atom stereocenters. The van der Waals surface area contributed by atoms with Crippen LogP contribution in [0.4, 0.5) is 4.39 Å². The van der Waals surface area contributed by atoms with E-state index in [2.05, 4.69) is 4.72 Å². The molecule has 16 heavy (non-hydrogen) atoms. The molecule has 1 aromatic rings. The van der Waals surface area contributed by atoms with Gasteiger partial charge in [-0.3, -0.25) is 0 Å². The molecule has 0 heterocycles. The summed E-state index contributed by atoms with van der Waals surface area (Å²) in [6, 6.07) is 4.85. The van der Waals surface area contributed by atoms with Gasteiger partial charge < -0.3 is 0 Å². The Hall–Kier alpha value is -0.940. The Morgan fingerprint density at radius 2 is 1.88 bits per heavy atom. The average molecular weight is 243 g/mol. The zero-order valence-corrected chi connectivity index (χ0v) is 9.63. The molecular weight excluding hydrogens is 229 g/mol. The second-order valence-corrected chi connectivity index (χ2v) is 5.87. The van der Waals surface area contributed by atoms with Crippen molar-refractivity contribution < 1.29 is 12.8 Å². The van der Waals surface area contributed by atoms with Crippen LogP contribution < -0.4 is 4.72 Å². The van der Waals surface area contributed by atoms with Gasteiger partial charge in [-0.2, -0.15) is 0 Å². The van der Waals surface area contributed by atoms with Crippen LogP contribution in [0.1, 0.15) is 19.3 Å². The first kappa shape index (κ1) is 11.5. The molecule has 1 saturated carbocycles. The van der Waals surface area contributed by atoms with Crippen molar-refractivity contribution in [1.29, 1.82) is 0 Å². The first-order chi connectivity index (χ1) is 7.58. The topological polar surface area (TPSA) is 46.2 Å². The Bertz CT molecular complexity index is 451. The predicted molar refractivity (Wildman–Crippen MR) is 58.9 cm³/mol. The fourth-order valence-corrected chi connectivity index (χ4v) is 2.74. The number of nitrogens with one attached hydrogen (secondary N) is 1. The lowest BCUT2D eigenvalue weighted by molar-refractivity contribution is 0.316. The second kappa shape index (κ2) is 4.51. The van der Waals surface area contributed by atoms with Gasteiger partial charge >= 0.3 is 0 Å². The lowest BCUT2D eigenvalue weighted by Gasteiger charge is -2.25. The van der Waals surface area contributed by atoms with Crippen molar-refractivity contribution in [2.45, 2.75) is 24.2 Å². The van der Waals surface area contributed by atoms with Crippen LogP contribution in [0.2, 0.25) is 0 Å². The molecule has 88 valence electrons. The van der Waals surface area contributed by atoms with E-state index in [0.717, 1.165) is 25.0 Å². The smallest absolute Gasteiger partial charge is 0.211 e. The van der Waals surface area contributed by atoms with Crippen LogP contribution in [0.5, 0.6) is 0 Å². The molecular formula is C11H14FNO2S. The summed E-state index contributed by atoms with van der Waals surface area (Å²) in [5, 5.41) is 0. The molecule has 1 N–H and O–H groups in total. The van der Waals surface area contributed by atoms with E-state index in [1.54, 1.807) is 0 Å². The quantitative estimate of drug-likeness (QED) is 0.878. The fourth-order valence-electron chi connectivity index (χ4n) is 1.62. The maximum Gasteiger partial charge on any atom is 0.240 e. The van der Waals surface area contributed by atoms with Crippen molar-refractivity contribution in [1.82, 2.24) is 4.72 Å². The summed E-state index contributed by atoms with van der Waals surface area (Å²) in [5.74, 6) is 0.0353. The molecule has 1 aliphatic carbocycles.